The molecule has 0 aliphatic heterocycles. The lowest BCUT2D eigenvalue weighted by atomic mass is 10.1. The van der Waals surface area contributed by atoms with Crippen LogP contribution in [0.5, 0.6) is 0 Å². The molecule has 0 fully saturated rings. The SMILES string of the molecule is CCCCCCc1ccc(S(=O)CCCCCC)cc1. The number of hydrogen-bond donors (Lipinski definition) is 0. The van der Waals surface area contributed by atoms with E-state index in [0.717, 1.165) is 23.5 Å². The van der Waals surface area contributed by atoms with E-state index in [1.807, 2.05) is 0 Å². The normalized spacial score (nSPS) is 12.5. The first kappa shape index (κ1) is 17.4. The van der Waals surface area contributed by atoms with Crippen LogP contribution in [0.15, 0.2) is 29.2 Å². The van der Waals surface area contributed by atoms with Gasteiger partial charge in [-0.2, -0.15) is 0 Å². The number of rotatable bonds is 11. The summed E-state index contributed by atoms with van der Waals surface area (Å²) in [6, 6.07) is 8.44. The van der Waals surface area contributed by atoms with Crippen molar-refractivity contribution in [3.8, 4) is 0 Å². The minimum Gasteiger partial charge on any atom is -0.254 e. The maximum absolute atomic E-state index is 12.1. The molecule has 0 saturated carbocycles. The number of hydrogen-bond acceptors (Lipinski definition) is 1. The lowest BCUT2D eigenvalue weighted by molar-refractivity contribution is 0.665. The van der Waals surface area contributed by atoms with Crippen molar-refractivity contribution in [2.24, 2.45) is 0 Å². The molecule has 0 radical (unpaired) electrons. The predicted molar refractivity (Wildman–Crippen MR) is 89.7 cm³/mol. The molecule has 0 aliphatic carbocycles. The van der Waals surface area contributed by atoms with Crippen molar-refractivity contribution in [1.29, 1.82) is 0 Å². The zero-order chi connectivity index (χ0) is 14.6. The Kier molecular flexibility index (Phi) is 9.65. The van der Waals surface area contributed by atoms with E-state index in [1.54, 1.807) is 0 Å². The molecule has 0 bridgehead atoms. The smallest absolute Gasteiger partial charge is 0.0529 e. The fourth-order valence-corrected chi connectivity index (χ4v) is 3.48. The van der Waals surface area contributed by atoms with Gasteiger partial charge in [-0.15, -0.1) is 0 Å². The summed E-state index contributed by atoms with van der Waals surface area (Å²) in [6.07, 6.45) is 11.2. The Morgan fingerprint density at radius 2 is 1.40 bits per heavy atom. The highest BCUT2D eigenvalue weighted by molar-refractivity contribution is 7.85. The van der Waals surface area contributed by atoms with Gasteiger partial charge in [-0.3, -0.25) is 4.21 Å². The average Bonchev–Trinajstić information content (AvgIpc) is 2.48. The van der Waals surface area contributed by atoms with Gasteiger partial charge in [0.2, 0.25) is 0 Å². The van der Waals surface area contributed by atoms with Crippen LogP contribution in [0, 0.1) is 0 Å². The summed E-state index contributed by atoms with van der Waals surface area (Å²) in [6.45, 7) is 4.45. The predicted octanol–water partition coefficient (Wildman–Crippen LogP) is 5.50. The second-order valence-electron chi connectivity index (χ2n) is 5.56. The van der Waals surface area contributed by atoms with E-state index in [9.17, 15) is 4.21 Å². The minimum atomic E-state index is -0.804. The van der Waals surface area contributed by atoms with E-state index < -0.39 is 10.8 Å². The van der Waals surface area contributed by atoms with Crippen LogP contribution in [-0.2, 0) is 17.2 Å². The van der Waals surface area contributed by atoms with Crippen LogP contribution in [0.2, 0.25) is 0 Å². The first-order valence-corrected chi connectivity index (χ1v) is 9.57. The molecule has 1 aromatic carbocycles. The molecule has 0 N–H and O–H groups in total. The van der Waals surface area contributed by atoms with Crippen LogP contribution in [0.3, 0.4) is 0 Å². The second-order valence-corrected chi connectivity index (χ2v) is 7.14. The van der Waals surface area contributed by atoms with E-state index in [-0.39, 0.29) is 0 Å². The Morgan fingerprint density at radius 1 is 0.800 bits per heavy atom. The molecule has 114 valence electrons. The molecule has 1 aromatic rings. The fraction of sp³-hybridized carbons (Fsp3) is 0.667. The average molecular weight is 295 g/mol. The molecule has 0 aromatic heterocycles. The first-order chi connectivity index (χ1) is 9.77. The maximum atomic E-state index is 12.1. The molecular formula is C18H30OS. The Bertz CT molecular complexity index is 370. The van der Waals surface area contributed by atoms with Gasteiger partial charge in [0.25, 0.3) is 0 Å². The molecular weight excluding hydrogens is 264 g/mol. The van der Waals surface area contributed by atoms with Gasteiger partial charge in [0.05, 0.1) is 10.8 Å². The molecule has 0 aliphatic rings. The molecule has 0 amide bonds. The van der Waals surface area contributed by atoms with Crippen molar-refractivity contribution in [3.05, 3.63) is 29.8 Å². The van der Waals surface area contributed by atoms with Gasteiger partial charge in [0, 0.05) is 10.6 Å². The molecule has 20 heavy (non-hydrogen) atoms. The summed E-state index contributed by atoms with van der Waals surface area (Å²) in [5.74, 6) is 0.815. The van der Waals surface area contributed by atoms with Gasteiger partial charge in [0.1, 0.15) is 0 Å². The fourth-order valence-electron chi connectivity index (χ4n) is 2.34. The zero-order valence-corrected chi connectivity index (χ0v) is 14.0. The highest BCUT2D eigenvalue weighted by Crippen LogP contribution is 2.13. The first-order valence-electron chi connectivity index (χ1n) is 8.25. The van der Waals surface area contributed by atoms with Crippen molar-refractivity contribution in [3.63, 3.8) is 0 Å². The standard InChI is InChI=1S/C18H30OS/c1-3-5-7-9-11-17-12-14-18(15-13-17)20(19)16-10-8-6-4-2/h12-15H,3-11,16H2,1-2H3. The summed E-state index contributed by atoms with van der Waals surface area (Å²) in [5, 5.41) is 0. The summed E-state index contributed by atoms with van der Waals surface area (Å²) < 4.78 is 12.1. The molecule has 2 heteroatoms. The van der Waals surface area contributed by atoms with E-state index in [0.29, 0.717) is 0 Å². The van der Waals surface area contributed by atoms with Crippen LogP contribution < -0.4 is 0 Å². The molecule has 0 spiro atoms. The van der Waals surface area contributed by atoms with Gasteiger partial charge in [-0.25, -0.2) is 0 Å². The van der Waals surface area contributed by atoms with Crippen molar-refractivity contribution >= 4 is 10.8 Å². The maximum Gasteiger partial charge on any atom is 0.0529 e. The summed E-state index contributed by atoms with van der Waals surface area (Å²) in [7, 11) is -0.804. The highest BCUT2D eigenvalue weighted by Gasteiger charge is 2.03. The van der Waals surface area contributed by atoms with E-state index in [4.69, 9.17) is 0 Å². The number of unbranched alkanes of at least 4 members (excludes halogenated alkanes) is 6. The Hall–Kier alpha value is -0.630. The third-order valence-corrected chi connectivity index (χ3v) is 5.15. The molecule has 0 saturated heterocycles. The lowest BCUT2D eigenvalue weighted by Crippen LogP contribution is -1.98. The molecule has 1 unspecified atom stereocenters. The Morgan fingerprint density at radius 3 is 2.00 bits per heavy atom. The summed E-state index contributed by atoms with van der Waals surface area (Å²) in [4.78, 5) is 0.999. The monoisotopic (exact) mass is 294 g/mol. The second kappa shape index (κ2) is 11.1. The van der Waals surface area contributed by atoms with Gasteiger partial charge < -0.3 is 0 Å². The third kappa shape index (κ3) is 7.23. The van der Waals surface area contributed by atoms with Crippen LogP contribution >= 0.6 is 0 Å². The van der Waals surface area contributed by atoms with Crippen molar-refractivity contribution in [1.82, 2.24) is 0 Å². The molecule has 0 heterocycles. The van der Waals surface area contributed by atoms with Crippen molar-refractivity contribution < 1.29 is 4.21 Å². The summed E-state index contributed by atoms with van der Waals surface area (Å²) >= 11 is 0. The summed E-state index contributed by atoms with van der Waals surface area (Å²) in [5.41, 5.74) is 1.38. The Labute approximate surface area is 127 Å². The van der Waals surface area contributed by atoms with E-state index >= 15 is 0 Å². The highest BCUT2D eigenvalue weighted by atomic mass is 32.2. The van der Waals surface area contributed by atoms with Crippen LogP contribution in [0.25, 0.3) is 0 Å². The number of aryl methyl sites for hydroxylation is 1. The third-order valence-electron chi connectivity index (χ3n) is 3.69. The minimum absolute atomic E-state index is 0.804. The number of benzene rings is 1. The van der Waals surface area contributed by atoms with Crippen LogP contribution in [-0.4, -0.2) is 9.96 Å². The molecule has 1 nitrogen and oxygen atoms in total. The van der Waals surface area contributed by atoms with E-state index in [1.165, 1.54) is 50.5 Å². The van der Waals surface area contributed by atoms with E-state index in [2.05, 4.69) is 38.1 Å². The van der Waals surface area contributed by atoms with Crippen molar-refractivity contribution in [2.45, 2.75) is 76.5 Å². The van der Waals surface area contributed by atoms with Crippen LogP contribution in [0.1, 0.15) is 70.8 Å². The van der Waals surface area contributed by atoms with Gasteiger partial charge in [-0.05, 0) is 37.0 Å². The van der Waals surface area contributed by atoms with Crippen molar-refractivity contribution in [2.75, 3.05) is 5.75 Å². The topological polar surface area (TPSA) is 17.1 Å². The Balaban J connectivity index is 2.31. The lowest BCUT2D eigenvalue weighted by Gasteiger charge is -2.05. The van der Waals surface area contributed by atoms with Crippen LogP contribution in [0.4, 0.5) is 0 Å². The van der Waals surface area contributed by atoms with Gasteiger partial charge in [0.15, 0.2) is 0 Å². The largest absolute Gasteiger partial charge is 0.254 e. The quantitative estimate of drug-likeness (QED) is 0.493. The van der Waals surface area contributed by atoms with Gasteiger partial charge in [-0.1, -0.05) is 64.5 Å². The molecule has 1 rings (SSSR count). The zero-order valence-electron chi connectivity index (χ0n) is 13.2. The van der Waals surface area contributed by atoms with Gasteiger partial charge >= 0.3 is 0 Å². The molecule has 1 atom stereocenters.